The minimum absolute atomic E-state index is 0.0221. The number of hydrogen-bond acceptors (Lipinski definition) is 5. The summed E-state index contributed by atoms with van der Waals surface area (Å²) < 4.78 is 5.19. The lowest BCUT2D eigenvalue weighted by Crippen LogP contribution is -2.37. The number of nitrogens with one attached hydrogen (secondary N) is 2. The number of rotatable bonds is 12. The molecule has 1 heterocycles. The first-order valence-corrected chi connectivity index (χ1v) is 13.2. The molecule has 0 saturated heterocycles. The number of thiazole rings is 1. The average molecular weight is 509 g/mol. The van der Waals surface area contributed by atoms with Crippen molar-refractivity contribution in [2.75, 3.05) is 25.6 Å². The lowest BCUT2D eigenvalue weighted by Gasteiger charge is -2.22. The Hall–Kier alpha value is -3.23. The van der Waals surface area contributed by atoms with Crippen molar-refractivity contribution in [3.05, 3.63) is 81.8 Å². The zero-order valence-corrected chi connectivity index (χ0v) is 22.3. The van der Waals surface area contributed by atoms with E-state index in [0.29, 0.717) is 36.3 Å². The Morgan fingerprint density at radius 3 is 2.44 bits per heavy atom. The molecule has 2 N–H and O–H groups in total. The van der Waals surface area contributed by atoms with Crippen LogP contribution in [0.5, 0.6) is 0 Å². The van der Waals surface area contributed by atoms with Crippen LogP contribution < -0.4 is 10.6 Å². The molecule has 36 heavy (non-hydrogen) atoms. The molecule has 0 aliphatic heterocycles. The minimum atomic E-state index is -0.236. The summed E-state index contributed by atoms with van der Waals surface area (Å²) in [7, 11) is 1.60. The highest BCUT2D eigenvalue weighted by Crippen LogP contribution is 2.18. The number of aryl methyl sites for hydroxylation is 1. The molecule has 1 atom stereocenters. The topological polar surface area (TPSA) is 83.6 Å². The summed E-state index contributed by atoms with van der Waals surface area (Å²) >= 11 is 1.37. The summed E-state index contributed by atoms with van der Waals surface area (Å²) in [6.07, 6.45) is 1.74. The van der Waals surface area contributed by atoms with Crippen LogP contribution >= 0.6 is 11.3 Å². The molecule has 0 spiro atoms. The van der Waals surface area contributed by atoms with Crippen molar-refractivity contribution in [3.8, 4) is 0 Å². The van der Waals surface area contributed by atoms with E-state index in [1.54, 1.807) is 17.4 Å². The van der Waals surface area contributed by atoms with E-state index >= 15 is 0 Å². The number of benzene rings is 2. The van der Waals surface area contributed by atoms with Gasteiger partial charge in [-0.2, -0.15) is 0 Å². The highest BCUT2D eigenvalue weighted by molar-refractivity contribution is 7.09. The van der Waals surface area contributed by atoms with Crippen molar-refractivity contribution in [2.24, 2.45) is 0 Å². The third-order valence-electron chi connectivity index (χ3n) is 5.88. The first-order valence-electron chi connectivity index (χ1n) is 12.3. The van der Waals surface area contributed by atoms with Crippen LogP contribution in [0.3, 0.4) is 0 Å². The van der Waals surface area contributed by atoms with E-state index in [-0.39, 0.29) is 18.0 Å². The largest absolute Gasteiger partial charge is 0.383 e. The molecule has 1 aromatic heterocycles. The summed E-state index contributed by atoms with van der Waals surface area (Å²) in [6.45, 7) is 7.36. The number of aromatic nitrogens is 1. The van der Waals surface area contributed by atoms with E-state index in [4.69, 9.17) is 4.74 Å². The van der Waals surface area contributed by atoms with Gasteiger partial charge in [-0.1, -0.05) is 56.3 Å². The lowest BCUT2D eigenvalue weighted by molar-refractivity contribution is 0.0933. The van der Waals surface area contributed by atoms with E-state index < -0.39 is 0 Å². The van der Waals surface area contributed by atoms with Gasteiger partial charge in [-0.05, 0) is 48.9 Å². The van der Waals surface area contributed by atoms with Gasteiger partial charge < -0.3 is 20.3 Å². The van der Waals surface area contributed by atoms with Crippen molar-refractivity contribution in [1.82, 2.24) is 15.2 Å². The summed E-state index contributed by atoms with van der Waals surface area (Å²) in [4.78, 5) is 31.8. The molecule has 2 aromatic carbocycles. The van der Waals surface area contributed by atoms with E-state index in [2.05, 4.69) is 41.6 Å². The van der Waals surface area contributed by atoms with Gasteiger partial charge in [0.2, 0.25) is 0 Å². The van der Waals surface area contributed by atoms with Gasteiger partial charge in [0.05, 0.1) is 13.2 Å². The smallest absolute Gasteiger partial charge is 0.322 e. The maximum Gasteiger partial charge on any atom is 0.322 e. The average Bonchev–Trinajstić information content (AvgIpc) is 3.35. The van der Waals surface area contributed by atoms with Crippen LogP contribution in [0.2, 0.25) is 0 Å². The molecule has 1 unspecified atom stereocenters. The zero-order valence-electron chi connectivity index (χ0n) is 21.5. The van der Waals surface area contributed by atoms with Crippen molar-refractivity contribution < 1.29 is 14.3 Å². The Morgan fingerprint density at radius 2 is 1.78 bits per heavy atom. The molecule has 0 saturated carbocycles. The molecule has 0 bridgehead atoms. The summed E-state index contributed by atoms with van der Waals surface area (Å²) in [5, 5.41) is 8.41. The van der Waals surface area contributed by atoms with Gasteiger partial charge in [-0.25, -0.2) is 9.78 Å². The van der Waals surface area contributed by atoms with Gasteiger partial charge in [0.15, 0.2) is 0 Å². The number of carbonyl (C=O) groups excluding carboxylic acids is 2. The van der Waals surface area contributed by atoms with Crippen LogP contribution in [0, 0.1) is 0 Å². The standard InChI is InChI=1S/C28H36N4O3S/c1-20(2)23-12-14-24(15-13-23)30-28(34)32(16-17-35-4)18-26-31-25(19-36-26)27(33)29-21(3)10-11-22-8-6-5-7-9-22/h5-9,12-15,19-21H,10-11,16-18H2,1-4H3,(H,29,33)(H,30,34). The van der Waals surface area contributed by atoms with E-state index in [9.17, 15) is 9.59 Å². The molecule has 7 nitrogen and oxygen atoms in total. The number of hydrogen-bond donors (Lipinski definition) is 2. The predicted octanol–water partition coefficient (Wildman–Crippen LogP) is 5.70. The summed E-state index contributed by atoms with van der Waals surface area (Å²) in [5.41, 5.74) is 3.57. The molecule has 0 fully saturated rings. The zero-order chi connectivity index (χ0) is 25.9. The third-order valence-corrected chi connectivity index (χ3v) is 6.71. The Kier molecular flexibility index (Phi) is 10.5. The fraction of sp³-hybridized carbons (Fsp3) is 0.393. The first-order chi connectivity index (χ1) is 17.4. The van der Waals surface area contributed by atoms with E-state index in [0.717, 1.165) is 18.5 Å². The number of ether oxygens (including phenoxy) is 1. The van der Waals surface area contributed by atoms with Crippen LogP contribution in [0.1, 0.15) is 59.7 Å². The number of nitrogens with zero attached hydrogens (tertiary/aromatic N) is 2. The quantitative estimate of drug-likeness (QED) is 0.329. The van der Waals surface area contributed by atoms with Crippen LogP contribution in [0.25, 0.3) is 0 Å². The molecule has 0 aliphatic rings. The number of urea groups is 1. The third kappa shape index (κ3) is 8.46. The van der Waals surface area contributed by atoms with Crippen LogP contribution in [-0.4, -0.2) is 48.1 Å². The molecule has 0 aliphatic carbocycles. The predicted molar refractivity (Wildman–Crippen MR) is 146 cm³/mol. The second kappa shape index (κ2) is 13.8. The van der Waals surface area contributed by atoms with Crippen molar-refractivity contribution in [2.45, 2.75) is 52.1 Å². The van der Waals surface area contributed by atoms with Crippen molar-refractivity contribution in [1.29, 1.82) is 0 Å². The van der Waals surface area contributed by atoms with Crippen molar-refractivity contribution in [3.63, 3.8) is 0 Å². The molecule has 0 radical (unpaired) electrons. The maximum atomic E-state index is 13.0. The van der Waals surface area contributed by atoms with E-state index in [1.807, 2.05) is 49.4 Å². The molecular formula is C28H36N4O3S. The van der Waals surface area contributed by atoms with Crippen molar-refractivity contribution >= 4 is 29.0 Å². The normalized spacial score (nSPS) is 11.8. The van der Waals surface area contributed by atoms with Gasteiger partial charge in [0.25, 0.3) is 5.91 Å². The molecule has 3 rings (SSSR count). The summed E-state index contributed by atoms with van der Waals surface area (Å²) in [6, 6.07) is 17.9. The van der Waals surface area contributed by atoms with Gasteiger partial charge in [0, 0.05) is 30.8 Å². The molecule has 192 valence electrons. The monoisotopic (exact) mass is 508 g/mol. The number of amides is 3. The minimum Gasteiger partial charge on any atom is -0.383 e. The van der Waals surface area contributed by atoms with Gasteiger partial charge >= 0.3 is 6.03 Å². The van der Waals surface area contributed by atoms with Crippen LogP contribution in [0.15, 0.2) is 60.0 Å². The maximum absolute atomic E-state index is 13.0. The number of methoxy groups -OCH3 is 1. The second-order valence-corrected chi connectivity index (χ2v) is 10.1. The van der Waals surface area contributed by atoms with Crippen LogP contribution in [-0.2, 0) is 17.7 Å². The number of anilines is 1. The highest BCUT2D eigenvalue weighted by Gasteiger charge is 2.19. The lowest BCUT2D eigenvalue weighted by atomic mass is 10.0. The molecular weight excluding hydrogens is 472 g/mol. The highest BCUT2D eigenvalue weighted by atomic mass is 32.1. The van der Waals surface area contributed by atoms with Gasteiger partial charge in [-0.15, -0.1) is 11.3 Å². The first kappa shape index (κ1) is 27.4. The SMILES string of the molecule is COCCN(Cc1nc(C(=O)NC(C)CCc2ccccc2)cs1)C(=O)Nc1ccc(C(C)C)cc1. The van der Waals surface area contributed by atoms with E-state index in [1.165, 1.54) is 22.5 Å². The molecule has 8 heteroatoms. The molecule has 3 amide bonds. The summed E-state index contributed by atoms with van der Waals surface area (Å²) in [5.74, 6) is 0.229. The number of carbonyl (C=O) groups is 2. The Labute approximate surface area is 217 Å². The Balaban J connectivity index is 1.56. The second-order valence-electron chi connectivity index (χ2n) is 9.15. The molecule has 3 aromatic rings. The Morgan fingerprint density at radius 1 is 1.06 bits per heavy atom. The van der Waals surface area contributed by atoms with Gasteiger partial charge in [-0.3, -0.25) is 4.79 Å². The fourth-order valence-corrected chi connectivity index (χ4v) is 4.45. The van der Waals surface area contributed by atoms with Crippen LogP contribution in [0.4, 0.5) is 10.5 Å². The fourth-order valence-electron chi connectivity index (χ4n) is 3.66. The van der Waals surface area contributed by atoms with Gasteiger partial charge in [0.1, 0.15) is 10.7 Å². The Bertz CT molecular complexity index is 1100.